The topological polar surface area (TPSA) is 153 Å². The van der Waals surface area contributed by atoms with Gasteiger partial charge in [-0.2, -0.15) is 35.5 Å². The standard InChI is InChI=1S/C32H32N4O.2C2HF3O2.H2O/c1-37-32-24-10-9-11-25(32)23-34-29-17-21-36(31-15-6-4-13-27(29)31)19-8-2-7-18-35-20-16-28(33-22-24)26-12-3-5-14-30(26)35;2*3-2(4,5)1(6)7;/h3-6,9-17,20-21H,2,7-8,18-19,22-23H2,1H3;2*(H,6,7);1H2. The highest BCUT2D eigenvalue weighted by atomic mass is 19.4. The summed E-state index contributed by atoms with van der Waals surface area (Å²) in [4.78, 5) is 17.6. The van der Waals surface area contributed by atoms with Crippen LogP contribution in [0.3, 0.4) is 0 Å². The zero-order chi connectivity index (χ0) is 37.2. The fourth-order valence-corrected chi connectivity index (χ4v) is 5.57. The molecule has 6 bridgehead atoms. The molecule has 0 saturated carbocycles. The van der Waals surface area contributed by atoms with Crippen LogP contribution in [-0.2, 0) is 35.8 Å². The lowest BCUT2D eigenvalue weighted by atomic mass is 10.1. The van der Waals surface area contributed by atoms with E-state index in [1.165, 1.54) is 28.2 Å². The number of para-hydroxylation sites is 3. The van der Waals surface area contributed by atoms with Crippen LogP contribution >= 0.6 is 0 Å². The Kier molecular flexibility index (Phi) is 14.1. The SMILES string of the molecule is COc1c2cccc1CNc1cc[n+](c3ccccc13)CCCCC[n+]1ccc(c3ccccc31)NC2.O.O=C([O-])C(F)(F)F.O=C([O-])C(F)(F)F. The number of rotatable bonds is 1. The number of nitrogens with zero attached hydrogens (tertiary/aromatic N) is 2. The first-order valence-electron chi connectivity index (χ1n) is 15.7. The Morgan fingerprint density at radius 1 is 0.635 bits per heavy atom. The lowest BCUT2D eigenvalue weighted by molar-refractivity contribution is -0.675. The minimum atomic E-state index is -5.19. The zero-order valence-corrected chi connectivity index (χ0v) is 27.8. The monoisotopic (exact) mass is 734 g/mol. The van der Waals surface area contributed by atoms with Gasteiger partial charge in [-0.3, -0.25) is 0 Å². The van der Waals surface area contributed by atoms with Crippen molar-refractivity contribution in [2.75, 3.05) is 17.7 Å². The van der Waals surface area contributed by atoms with Gasteiger partial charge in [-0.15, -0.1) is 0 Å². The van der Waals surface area contributed by atoms with Crippen LogP contribution in [0.15, 0.2) is 91.3 Å². The molecule has 0 fully saturated rings. The van der Waals surface area contributed by atoms with Gasteiger partial charge < -0.3 is 40.6 Å². The number of hydrogen-bond donors (Lipinski definition) is 2. The number of carbonyl (C=O) groups is 2. The average molecular weight is 735 g/mol. The van der Waals surface area contributed by atoms with E-state index in [2.05, 4.69) is 111 Å². The smallest absolute Gasteiger partial charge is 0.430 e. The predicted molar refractivity (Wildman–Crippen MR) is 176 cm³/mol. The molecule has 2 aliphatic heterocycles. The van der Waals surface area contributed by atoms with Gasteiger partial charge in [0.2, 0.25) is 11.0 Å². The van der Waals surface area contributed by atoms with E-state index < -0.39 is 24.3 Å². The molecule has 5 aromatic rings. The van der Waals surface area contributed by atoms with E-state index in [0.29, 0.717) is 13.1 Å². The molecule has 0 spiro atoms. The maximum Gasteiger partial charge on any atom is 0.430 e. The molecule has 0 aliphatic carbocycles. The summed E-state index contributed by atoms with van der Waals surface area (Å²) in [7, 11) is 1.77. The molecule has 7 rings (SSSR count). The number of aliphatic carboxylic acids is 2. The molecule has 0 saturated heterocycles. The average Bonchev–Trinajstić information content (AvgIpc) is 3.09. The van der Waals surface area contributed by atoms with Crippen LogP contribution in [0.25, 0.3) is 21.8 Å². The van der Waals surface area contributed by atoms with Gasteiger partial charge in [-0.25, -0.2) is 0 Å². The molecule has 0 unspecified atom stereocenters. The Labute approximate surface area is 294 Å². The number of methoxy groups -OCH3 is 1. The lowest BCUT2D eigenvalue weighted by Crippen LogP contribution is -2.37. The number of nitrogens with one attached hydrogen (secondary N) is 2. The third-order valence-corrected chi connectivity index (χ3v) is 7.93. The van der Waals surface area contributed by atoms with Gasteiger partial charge in [0.15, 0.2) is 12.4 Å². The minimum Gasteiger partial charge on any atom is -0.542 e. The van der Waals surface area contributed by atoms with Crippen LogP contribution in [0.4, 0.5) is 37.7 Å². The van der Waals surface area contributed by atoms with E-state index in [1.807, 2.05) is 0 Å². The number of ether oxygens (including phenoxy) is 1. The Hall–Kier alpha value is -5.64. The number of carboxylic acid groups (broad SMARTS) is 2. The van der Waals surface area contributed by atoms with Crippen LogP contribution in [0.2, 0.25) is 0 Å². The number of anilines is 2. The summed E-state index contributed by atoms with van der Waals surface area (Å²) in [5.41, 5.74) is 7.12. The predicted octanol–water partition coefficient (Wildman–Crippen LogP) is 3.76. The Morgan fingerprint density at radius 3 is 1.38 bits per heavy atom. The van der Waals surface area contributed by atoms with Crippen LogP contribution in [-0.4, -0.2) is 36.9 Å². The lowest BCUT2D eigenvalue weighted by Gasteiger charge is -2.17. The van der Waals surface area contributed by atoms with Gasteiger partial charge in [0, 0.05) is 61.3 Å². The quantitative estimate of drug-likeness (QED) is 0.197. The molecule has 0 radical (unpaired) electrons. The zero-order valence-electron chi connectivity index (χ0n) is 27.8. The van der Waals surface area contributed by atoms with Crippen molar-refractivity contribution in [3.05, 3.63) is 102 Å². The van der Waals surface area contributed by atoms with E-state index in [0.717, 1.165) is 54.2 Å². The van der Waals surface area contributed by atoms with Crippen LogP contribution in [0.1, 0.15) is 30.4 Å². The molecule has 16 heteroatoms. The number of aryl methyl sites for hydroxylation is 2. The van der Waals surface area contributed by atoms with Crippen molar-refractivity contribution >= 4 is 45.1 Å². The summed E-state index contributed by atoms with van der Waals surface area (Å²) in [6.07, 6.45) is -2.44. The van der Waals surface area contributed by atoms with Gasteiger partial charge in [0.1, 0.15) is 30.8 Å². The first kappa shape index (κ1) is 40.8. The summed E-state index contributed by atoms with van der Waals surface area (Å²) in [6.45, 7) is 3.43. The van der Waals surface area contributed by atoms with Gasteiger partial charge in [0.25, 0.3) is 0 Å². The Morgan fingerprint density at radius 2 is 1.02 bits per heavy atom. The Balaban J connectivity index is 0.000000414. The largest absolute Gasteiger partial charge is 0.542 e. The summed E-state index contributed by atoms with van der Waals surface area (Å²) in [5, 5.41) is 27.4. The number of alkyl halides is 6. The van der Waals surface area contributed by atoms with Crippen LogP contribution in [0, 0.1) is 0 Å². The van der Waals surface area contributed by atoms with E-state index in [1.54, 1.807) is 7.11 Å². The van der Waals surface area contributed by atoms with E-state index in [9.17, 15) is 26.3 Å². The fraction of sp³-hybridized carbons (Fsp3) is 0.278. The third-order valence-electron chi connectivity index (χ3n) is 7.93. The van der Waals surface area contributed by atoms with Crippen molar-refractivity contribution in [1.82, 2.24) is 0 Å². The summed E-state index contributed by atoms with van der Waals surface area (Å²) < 4.78 is 73.8. The van der Waals surface area contributed by atoms with Crippen molar-refractivity contribution < 1.29 is 65.5 Å². The molecular formula is C36H36F6N4O6. The second-order valence-corrected chi connectivity index (χ2v) is 11.3. The summed E-state index contributed by atoms with van der Waals surface area (Å²) in [5.74, 6) is -5.08. The Bertz CT molecular complexity index is 1850. The molecule has 0 atom stereocenters. The fourth-order valence-electron chi connectivity index (χ4n) is 5.57. The normalized spacial score (nSPS) is 13.2. The molecule has 3 aromatic carbocycles. The molecule has 2 aromatic heterocycles. The maximum atomic E-state index is 10.5. The maximum absolute atomic E-state index is 10.5. The minimum absolute atomic E-state index is 0. The number of carboxylic acids is 2. The van der Waals surface area contributed by atoms with E-state index >= 15 is 0 Å². The molecule has 10 nitrogen and oxygen atoms in total. The second kappa shape index (κ2) is 18.0. The number of pyridine rings is 2. The molecule has 2 aliphatic rings. The number of aromatic nitrogens is 2. The summed E-state index contributed by atoms with van der Waals surface area (Å²) >= 11 is 0. The highest BCUT2D eigenvalue weighted by molar-refractivity contribution is 5.89. The summed E-state index contributed by atoms with van der Waals surface area (Å²) in [6, 6.07) is 28.2. The number of benzene rings is 3. The van der Waals surface area contributed by atoms with Gasteiger partial charge in [0.05, 0.1) is 29.3 Å². The molecular weight excluding hydrogens is 698 g/mol. The van der Waals surface area contributed by atoms with Crippen molar-refractivity contribution in [3.63, 3.8) is 0 Å². The molecule has 4 heterocycles. The number of carbonyl (C=O) groups excluding carboxylic acids is 2. The van der Waals surface area contributed by atoms with Crippen molar-refractivity contribution in [1.29, 1.82) is 0 Å². The highest BCUT2D eigenvalue weighted by Crippen LogP contribution is 2.29. The van der Waals surface area contributed by atoms with E-state index in [-0.39, 0.29) is 5.48 Å². The van der Waals surface area contributed by atoms with Gasteiger partial charge >= 0.3 is 12.4 Å². The third kappa shape index (κ3) is 10.7. The van der Waals surface area contributed by atoms with Gasteiger partial charge in [-0.1, -0.05) is 42.5 Å². The number of halogens is 6. The second-order valence-electron chi connectivity index (χ2n) is 11.3. The first-order chi connectivity index (χ1) is 24.2. The molecule has 0 amide bonds. The van der Waals surface area contributed by atoms with Crippen molar-refractivity contribution in [3.8, 4) is 5.75 Å². The highest BCUT2D eigenvalue weighted by Gasteiger charge is 2.29. The molecule has 278 valence electrons. The van der Waals surface area contributed by atoms with Crippen molar-refractivity contribution in [2.45, 2.75) is 57.8 Å². The van der Waals surface area contributed by atoms with E-state index in [4.69, 9.17) is 24.5 Å². The molecule has 4 N–H and O–H groups in total. The number of fused-ring (bicyclic) bond motifs is 8. The van der Waals surface area contributed by atoms with Crippen molar-refractivity contribution in [2.24, 2.45) is 0 Å². The van der Waals surface area contributed by atoms with Gasteiger partial charge in [-0.05, 0) is 18.6 Å². The van der Waals surface area contributed by atoms with Crippen LogP contribution in [0.5, 0.6) is 5.75 Å². The first-order valence-corrected chi connectivity index (χ1v) is 15.7. The molecule has 52 heavy (non-hydrogen) atoms. The van der Waals surface area contributed by atoms with Crippen LogP contribution < -0.4 is 34.7 Å². The number of hydrogen-bond acceptors (Lipinski definition) is 7.